The summed E-state index contributed by atoms with van der Waals surface area (Å²) in [7, 11) is -4.15. The minimum absolute atomic E-state index is 0.0315. The van der Waals surface area contributed by atoms with Crippen LogP contribution >= 0.6 is 23.2 Å². The Balaban J connectivity index is 1.29. The lowest BCUT2D eigenvalue weighted by atomic mass is 10.1. The van der Waals surface area contributed by atoms with E-state index in [0.29, 0.717) is 48.8 Å². The van der Waals surface area contributed by atoms with Gasteiger partial charge in [-0.05, 0) is 31.0 Å². The van der Waals surface area contributed by atoms with Crippen molar-refractivity contribution in [3.8, 4) is 5.75 Å². The number of aromatic nitrogens is 1. The van der Waals surface area contributed by atoms with Crippen LogP contribution in [0.3, 0.4) is 0 Å². The first-order valence-corrected chi connectivity index (χ1v) is 13.8. The molecule has 1 aliphatic rings. The second-order valence-corrected chi connectivity index (χ2v) is 11.1. The smallest absolute Gasteiger partial charge is 0.255 e. The molecule has 1 aromatic heterocycles. The number of piperidine rings is 1. The molecule has 198 valence electrons. The number of nitrogens with two attached hydrogens (primary N) is 1. The molecule has 0 unspecified atom stereocenters. The second-order valence-electron chi connectivity index (χ2n) is 8.79. The quantitative estimate of drug-likeness (QED) is 0.324. The van der Waals surface area contributed by atoms with Gasteiger partial charge in [0, 0.05) is 43.1 Å². The van der Waals surface area contributed by atoms with Crippen LogP contribution in [0.4, 0.5) is 0 Å². The number of halogens is 2. The zero-order chi connectivity index (χ0) is 26.7. The number of rotatable bonds is 8. The van der Waals surface area contributed by atoms with Gasteiger partial charge in [-0.25, -0.2) is 13.6 Å². The van der Waals surface area contributed by atoms with Crippen LogP contribution in [0.5, 0.6) is 5.75 Å². The summed E-state index contributed by atoms with van der Waals surface area (Å²) in [6.45, 7) is 1.54. The van der Waals surface area contributed by atoms with Gasteiger partial charge in [0.15, 0.2) is 0 Å². The highest BCUT2D eigenvalue weighted by Crippen LogP contribution is 2.37. The molecule has 13 heteroatoms. The lowest BCUT2D eigenvalue weighted by Crippen LogP contribution is -2.45. The van der Waals surface area contributed by atoms with Crippen molar-refractivity contribution >= 4 is 49.9 Å². The number of carbonyl (C=O) groups excluding carboxylic acids is 1. The largest absolute Gasteiger partial charge is 0.489 e. The predicted octanol–water partition coefficient (Wildman–Crippen LogP) is 2.12. The number of ether oxygens (including phenoxy) is 1. The Bertz CT molecular complexity index is 1470. The minimum Gasteiger partial charge on any atom is -0.489 e. The van der Waals surface area contributed by atoms with Crippen molar-refractivity contribution in [2.24, 2.45) is 5.14 Å². The van der Waals surface area contributed by atoms with Gasteiger partial charge in [0.05, 0.1) is 21.7 Å². The van der Waals surface area contributed by atoms with Gasteiger partial charge in [0.1, 0.15) is 16.7 Å². The standard InChI is InChI=1S/C24H26Cl2N4O6S/c25-19-5-6-20(22(21(19)26)37(27,34)35)36-15-7-9-30(10-8-15)13-14(31)11-28-24(33)18-12-29-23(32)17-4-2-1-3-16(17)18/h1-6,12,14-15,31H,7-11,13H2,(H,28,33)(H,29,32)(H2,27,34,35)/t14-/m1/s1. The number of aromatic amines is 1. The average Bonchev–Trinajstić information content (AvgIpc) is 2.85. The number of primary sulfonamides is 1. The van der Waals surface area contributed by atoms with Crippen molar-refractivity contribution in [1.29, 1.82) is 0 Å². The van der Waals surface area contributed by atoms with Crippen molar-refractivity contribution in [2.45, 2.75) is 29.9 Å². The van der Waals surface area contributed by atoms with E-state index in [4.69, 9.17) is 33.1 Å². The lowest BCUT2D eigenvalue weighted by molar-refractivity contribution is 0.0584. The minimum atomic E-state index is -4.15. The molecule has 1 aliphatic heterocycles. The van der Waals surface area contributed by atoms with Crippen LogP contribution in [0.2, 0.25) is 10.0 Å². The summed E-state index contributed by atoms with van der Waals surface area (Å²) in [6.07, 6.45) is 1.42. The normalized spacial score (nSPS) is 16.0. The van der Waals surface area contributed by atoms with Gasteiger partial charge >= 0.3 is 0 Å². The number of fused-ring (bicyclic) bond motifs is 1. The first kappa shape index (κ1) is 27.4. The Morgan fingerprint density at radius 1 is 1.19 bits per heavy atom. The Morgan fingerprint density at radius 2 is 1.86 bits per heavy atom. The summed E-state index contributed by atoms with van der Waals surface area (Å²) in [6, 6.07) is 9.69. The highest BCUT2D eigenvalue weighted by atomic mass is 35.5. The van der Waals surface area contributed by atoms with Crippen LogP contribution in [0, 0.1) is 0 Å². The number of H-pyrrole nitrogens is 1. The maximum atomic E-state index is 12.7. The molecule has 0 aliphatic carbocycles. The monoisotopic (exact) mass is 568 g/mol. The number of benzene rings is 2. The van der Waals surface area contributed by atoms with Crippen LogP contribution in [0.15, 0.2) is 52.3 Å². The molecule has 1 saturated heterocycles. The number of sulfonamides is 1. The zero-order valence-corrected chi connectivity index (χ0v) is 21.9. The second kappa shape index (κ2) is 11.4. The fourth-order valence-corrected chi connectivity index (χ4v) is 5.78. The first-order chi connectivity index (χ1) is 17.5. The van der Waals surface area contributed by atoms with Crippen LogP contribution in [0.25, 0.3) is 10.8 Å². The van der Waals surface area contributed by atoms with E-state index in [-0.39, 0.29) is 38.9 Å². The molecule has 10 nitrogen and oxygen atoms in total. The van der Waals surface area contributed by atoms with Crippen LogP contribution in [-0.2, 0) is 10.0 Å². The van der Waals surface area contributed by atoms with Crippen LogP contribution < -0.4 is 20.8 Å². The SMILES string of the molecule is NS(=O)(=O)c1c(OC2CCN(C[C@H](O)CNC(=O)c3c[nH]c(=O)c4ccccc34)CC2)ccc(Cl)c1Cl. The van der Waals surface area contributed by atoms with Crippen molar-refractivity contribution in [2.75, 3.05) is 26.2 Å². The van der Waals surface area contributed by atoms with Crippen molar-refractivity contribution < 1.29 is 23.1 Å². The fourth-order valence-electron chi connectivity index (χ4n) is 4.33. The summed E-state index contributed by atoms with van der Waals surface area (Å²) in [5, 5.41) is 19.3. The van der Waals surface area contributed by atoms with Gasteiger partial charge in [-0.2, -0.15) is 0 Å². The Labute approximate surface area is 223 Å². The van der Waals surface area contributed by atoms with E-state index >= 15 is 0 Å². The molecule has 3 aromatic rings. The molecular weight excluding hydrogens is 543 g/mol. The van der Waals surface area contributed by atoms with Gasteiger partial charge in [-0.3, -0.25) is 9.59 Å². The van der Waals surface area contributed by atoms with Gasteiger partial charge in [-0.15, -0.1) is 0 Å². The molecule has 2 aromatic carbocycles. The third-order valence-electron chi connectivity index (χ3n) is 6.15. The summed E-state index contributed by atoms with van der Waals surface area (Å²) in [4.78, 5) is 28.9. The maximum absolute atomic E-state index is 12.7. The van der Waals surface area contributed by atoms with Gasteiger partial charge in [0.2, 0.25) is 10.0 Å². The van der Waals surface area contributed by atoms with E-state index in [1.807, 2.05) is 4.90 Å². The summed E-state index contributed by atoms with van der Waals surface area (Å²) >= 11 is 12.0. The number of hydrogen-bond acceptors (Lipinski definition) is 7. The third-order valence-corrected chi connectivity index (χ3v) is 8.04. The number of nitrogens with one attached hydrogen (secondary N) is 2. The van der Waals surface area contributed by atoms with E-state index in [1.54, 1.807) is 24.3 Å². The van der Waals surface area contributed by atoms with E-state index in [2.05, 4.69) is 10.3 Å². The fraction of sp³-hybridized carbons (Fsp3) is 0.333. The lowest BCUT2D eigenvalue weighted by Gasteiger charge is -2.33. The number of nitrogens with zero attached hydrogens (tertiary/aromatic N) is 1. The van der Waals surface area contributed by atoms with E-state index in [9.17, 15) is 23.1 Å². The molecular formula is C24H26Cl2N4O6S. The van der Waals surface area contributed by atoms with E-state index in [0.717, 1.165) is 0 Å². The number of aliphatic hydroxyl groups excluding tert-OH is 1. The van der Waals surface area contributed by atoms with Crippen molar-refractivity contribution in [1.82, 2.24) is 15.2 Å². The molecule has 4 rings (SSSR count). The van der Waals surface area contributed by atoms with Crippen LogP contribution in [0.1, 0.15) is 23.2 Å². The number of hydrogen-bond donors (Lipinski definition) is 4. The first-order valence-electron chi connectivity index (χ1n) is 11.5. The Hall–Kier alpha value is -2.67. The molecule has 5 N–H and O–H groups in total. The highest BCUT2D eigenvalue weighted by Gasteiger charge is 2.27. The summed E-state index contributed by atoms with van der Waals surface area (Å²) < 4.78 is 29.9. The molecule has 2 heterocycles. The summed E-state index contributed by atoms with van der Waals surface area (Å²) in [5.74, 6) is -0.348. The molecule has 0 spiro atoms. The number of carbonyl (C=O) groups is 1. The molecule has 1 fully saturated rings. The molecule has 0 radical (unpaired) electrons. The summed E-state index contributed by atoms with van der Waals surface area (Å²) in [5.41, 5.74) is 0.0427. The van der Waals surface area contributed by atoms with Gasteiger partial charge < -0.3 is 25.0 Å². The number of pyridine rings is 1. The van der Waals surface area contributed by atoms with Crippen molar-refractivity contribution in [3.05, 3.63) is 68.6 Å². The maximum Gasteiger partial charge on any atom is 0.255 e. The Kier molecular flexibility index (Phi) is 8.42. The topological polar surface area (TPSA) is 155 Å². The number of β-amino-alcohol motifs (C(OH)–C–C–N with tert-alkyl or cyclic N) is 1. The molecule has 0 bridgehead atoms. The molecule has 1 atom stereocenters. The van der Waals surface area contributed by atoms with Crippen molar-refractivity contribution in [3.63, 3.8) is 0 Å². The number of likely N-dealkylation sites (tertiary alicyclic amines) is 1. The molecule has 0 saturated carbocycles. The average molecular weight is 569 g/mol. The number of amides is 1. The van der Waals surface area contributed by atoms with E-state index in [1.165, 1.54) is 18.3 Å². The van der Waals surface area contributed by atoms with Gasteiger partial charge in [0.25, 0.3) is 11.5 Å². The van der Waals surface area contributed by atoms with E-state index < -0.39 is 22.0 Å². The highest BCUT2D eigenvalue weighted by molar-refractivity contribution is 7.89. The van der Waals surface area contributed by atoms with Crippen LogP contribution in [-0.4, -0.2) is 67.7 Å². The predicted molar refractivity (Wildman–Crippen MR) is 141 cm³/mol. The molecule has 37 heavy (non-hydrogen) atoms. The molecule has 1 amide bonds. The third kappa shape index (κ3) is 6.43. The number of aliphatic hydroxyl groups is 1. The Morgan fingerprint density at radius 3 is 2.54 bits per heavy atom. The van der Waals surface area contributed by atoms with Gasteiger partial charge in [-0.1, -0.05) is 41.4 Å². The zero-order valence-electron chi connectivity index (χ0n) is 19.6.